The zero-order valence-corrected chi connectivity index (χ0v) is 8.69. The SMILES string of the molecule is Nc1ccccc1Oc1ccc2nnnn2n1. The second-order valence-corrected chi connectivity index (χ2v) is 3.34. The lowest BCUT2D eigenvalue weighted by atomic mass is 10.3. The molecule has 2 aromatic heterocycles. The highest BCUT2D eigenvalue weighted by atomic mass is 16.5. The summed E-state index contributed by atoms with van der Waals surface area (Å²) in [6.45, 7) is 0. The number of benzene rings is 1. The first-order chi connectivity index (χ1) is 8.33. The molecule has 0 amide bonds. The molecule has 0 saturated heterocycles. The topological polar surface area (TPSA) is 91.2 Å². The van der Waals surface area contributed by atoms with Gasteiger partial charge in [-0.15, -0.1) is 14.8 Å². The van der Waals surface area contributed by atoms with Crippen LogP contribution in [0.3, 0.4) is 0 Å². The summed E-state index contributed by atoms with van der Waals surface area (Å²) >= 11 is 0. The van der Waals surface area contributed by atoms with Gasteiger partial charge in [0.15, 0.2) is 11.4 Å². The fourth-order valence-corrected chi connectivity index (χ4v) is 1.37. The van der Waals surface area contributed by atoms with Gasteiger partial charge < -0.3 is 10.5 Å². The third-order valence-corrected chi connectivity index (χ3v) is 2.18. The molecule has 17 heavy (non-hydrogen) atoms. The maximum atomic E-state index is 5.76. The molecule has 0 spiro atoms. The minimum Gasteiger partial charge on any atom is -0.435 e. The van der Waals surface area contributed by atoms with Gasteiger partial charge in [-0.3, -0.25) is 0 Å². The molecule has 0 saturated carbocycles. The summed E-state index contributed by atoms with van der Waals surface area (Å²) in [4.78, 5) is 0. The minimum atomic E-state index is 0.378. The summed E-state index contributed by atoms with van der Waals surface area (Å²) in [6, 6.07) is 10.6. The van der Waals surface area contributed by atoms with Crippen LogP contribution < -0.4 is 10.5 Å². The number of tetrazole rings is 1. The second kappa shape index (κ2) is 3.71. The molecule has 0 atom stereocenters. The van der Waals surface area contributed by atoms with E-state index in [9.17, 15) is 0 Å². The van der Waals surface area contributed by atoms with Gasteiger partial charge in [0.2, 0.25) is 5.88 Å². The molecule has 0 unspecified atom stereocenters. The first-order valence-electron chi connectivity index (χ1n) is 4.91. The number of hydrogen-bond donors (Lipinski definition) is 1. The first-order valence-corrected chi connectivity index (χ1v) is 4.91. The molecule has 7 heteroatoms. The lowest BCUT2D eigenvalue weighted by molar-refractivity contribution is 0.449. The Morgan fingerprint density at radius 2 is 2.00 bits per heavy atom. The monoisotopic (exact) mass is 228 g/mol. The van der Waals surface area contributed by atoms with Crippen molar-refractivity contribution in [3.05, 3.63) is 36.4 Å². The molecule has 7 nitrogen and oxygen atoms in total. The van der Waals surface area contributed by atoms with Crippen LogP contribution in [0, 0.1) is 0 Å². The fraction of sp³-hybridized carbons (Fsp3) is 0. The van der Waals surface area contributed by atoms with Crippen LogP contribution in [0.25, 0.3) is 5.65 Å². The highest BCUT2D eigenvalue weighted by Gasteiger charge is 2.04. The average molecular weight is 228 g/mol. The van der Waals surface area contributed by atoms with Crippen LogP contribution in [0.1, 0.15) is 0 Å². The number of rotatable bonds is 2. The van der Waals surface area contributed by atoms with Crippen molar-refractivity contribution in [2.45, 2.75) is 0 Å². The summed E-state index contributed by atoms with van der Waals surface area (Å²) in [7, 11) is 0. The summed E-state index contributed by atoms with van der Waals surface area (Å²) in [5.74, 6) is 0.926. The van der Waals surface area contributed by atoms with Crippen LogP contribution in [0.5, 0.6) is 11.6 Å². The molecule has 84 valence electrons. The number of nitrogens with zero attached hydrogens (tertiary/aromatic N) is 5. The summed E-state index contributed by atoms with van der Waals surface area (Å²) in [5, 5.41) is 15.0. The molecule has 3 aromatic rings. The van der Waals surface area contributed by atoms with Gasteiger partial charge in [0.25, 0.3) is 0 Å². The van der Waals surface area contributed by atoms with Gasteiger partial charge in [-0.05, 0) is 28.6 Å². The van der Waals surface area contributed by atoms with Crippen molar-refractivity contribution in [2.75, 3.05) is 5.73 Å². The summed E-state index contributed by atoms with van der Waals surface area (Å²) in [6.07, 6.45) is 0. The average Bonchev–Trinajstić information content (AvgIpc) is 2.79. The van der Waals surface area contributed by atoms with Gasteiger partial charge in [0.1, 0.15) is 0 Å². The molecule has 2 N–H and O–H groups in total. The number of nitrogens with two attached hydrogens (primary N) is 1. The van der Waals surface area contributed by atoms with E-state index >= 15 is 0 Å². The quantitative estimate of drug-likeness (QED) is 0.655. The molecular formula is C10H8N6O. The van der Waals surface area contributed by atoms with Gasteiger partial charge in [-0.2, -0.15) is 0 Å². The lowest BCUT2D eigenvalue weighted by Gasteiger charge is -2.06. The molecule has 0 aliphatic carbocycles. The highest BCUT2D eigenvalue weighted by Crippen LogP contribution is 2.25. The largest absolute Gasteiger partial charge is 0.435 e. The Bertz CT molecular complexity index is 664. The predicted molar refractivity (Wildman–Crippen MR) is 59.5 cm³/mol. The number of nitrogen functional groups attached to an aromatic ring is 1. The molecule has 0 radical (unpaired) electrons. The Balaban J connectivity index is 1.97. The number of para-hydroxylation sites is 2. The van der Waals surface area contributed by atoms with Crippen LogP contribution in [0.2, 0.25) is 0 Å². The zero-order valence-electron chi connectivity index (χ0n) is 8.69. The summed E-state index contributed by atoms with van der Waals surface area (Å²) in [5.41, 5.74) is 6.86. The Hall–Kier alpha value is -2.70. The van der Waals surface area contributed by atoms with E-state index in [1.54, 1.807) is 24.3 Å². The third-order valence-electron chi connectivity index (χ3n) is 2.18. The van der Waals surface area contributed by atoms with E-state index < -0.39 is 0 Å². The highest BCUT2D eigenvalue weighted by molar-refractivity contribution is 5.53. The van der Waals surface area contributed by atoms with Crippen LogP contribution in [-0.2, 0) is 0 Å². The maximum Gasteiger partial charge on any atom is 0.239 e. The van der Waals surface area contributed by atoms with Gasteiger partial charge in [-0.1, -0.05) is 12.1 Å². The number of ether oxygens (including phenoxy) is 1. The first kappa shape index (κ1) is 9.52. The van der Waals surface area contributed by atoms with Crippen molar-refractivity contribution in [2.24, 2.45) is 0 Å². The Morgan fingerprint density at radius 1 is 1.12 bits per heavy atom. The molecule has 0 bridgehead atoms. The Kier molecular flexibility index (Phi) is 2.08. The lowest BCUT2D eigenvalue weighted by Crippen LogP contribution is -1.98. The van der Waals surface area contributed by atoms with Crippen molar-refractivity contribution in [3.8, 4) is 11.6 Å². The second-order valence-electron chi connectivity index (χ2n) is 3.34. The fourth-order valence-electron chi connectivity index (χ4n) is 1.37. The van der Waals surface area contributed by atoms with Gasteiger partial charge in [-0.25, -0.2) is 0 Å². The predicted octanol–water partition coefficient (Wildman–Crippen LogP) is 0.894. The van der Waals surface area contributed by atoms with Crippen molar-refractivity contribution < 1.29 is 4.74 Å². The van der Waals surface area contributed by atoms with E-state index in [1.807, 2.05) is 12.1 Å². The third kappa shape index (κ3) is 1.73. The molecule has 0 fully saturated rings. The van der Waals surface area contributed by atoms with Crippen molar-refractivity contribution >= 4 is 11.3 Å². The molecule has 0 aliphatic rings. The minimum absolute atomic E-state index is 0.378. The van der Waals surface area contributed by atoms with Gasteiger partial charge in [0.05, 0.1) is 5.69 Å². The van der Waals surface area contributed by atoms with E-state index in [0.717, 1.165) is 0 Å². The van der Waals surface area contributed by atoms with Gasteiger partial charge in [0, 0.05) is 6.07 Å². The number of anilines is 1. The van der Waals surface area contributed by atoms with Crippen LogP contribution in [0.4, 0.5) is 5.69 Å². The molecule has 0 aliphatic heterocycles. The number of fused-ring (bicyclic) bond motifs is 1. The molecule has 2 heterocycles. The van der Waals surface area contributed by atoms with E-state index in [-0.39, 0.29) is 0 Å². The number of aromatic nitrogens is 5. The molecule has 1 aromatic carbocycles. The smallest absolute Gasteiger partial charge is 0.239 e. The zero-order chi connectivity index (χ0) is 11.7. The molecule has 3 rings (SSSR count). The van der Waals surface area contributed by atoms with Crippen LogP contribution >= 0.6 is 0 Å². The van der Waals surface area contributed by atoms with Crippen LogP contribution in [0.15, 0.2) is 36.4 Å². The van der Waals surface area contributed by atoms with Gasteiger partial charge >= 0.3 is 0 Å². The van der Waals surface area contributed by atoms with Crippen molar-refractivity contribution in [3.63, 3.8) is 0 Å². The molecular weight excluding hydrogens is 220 g/mol. The van der Waals surface area contributed by atoms with Crippen molar-refractivity contribution in [1.82, 2.24) is 25.3 Å². The van der Waals surface area contributed by atoms with E-state index in [1.165, 1.54) is 4.63 Å². The number of hydrogen-bond acceptors (Lipinski definition) is 6. The maximum absolute atomic E-state index is 5.76. The van der Waals surface area contributed by atoms with Crippen LogP contribution in [-0.4, -0.2) is 25.3 Å². The normalized spacial score (nSPS) is 10.6. The standard InChI is InChI=1S/C10H8N6O/c11-7-3-1-2-4-8(7)17-10-6-5-9-12-14-15-16(9)13-10/h1-6H,11H2. The van der Waals surface area contributed by atoms with E-state index in [0.29, 0.717) is 23.0 Å². The summed E-state index contributed by atoms with van der Waals surface area (Å²) < 4.78 is 6.82. The van der Waals surface area contributed by atoms with E-state index in [4.69, 9.17) is 10.5 Å². The Labute approximate surface area is 95.8 Å². The van der Waals surface area contributed by atoms with E-state index in [2.05, 4.69) is 20.6 Å². The van der Waals surface area contributed by atoms with Crippen molar-refractivity contribution in [1.29, 1.82) is 0 Å². The Morgan fingerprint density at radius 3 is 2.88 bits per heavy atom.